The third kappa shape index (κ3) is 3.95. The van der Waals surface area contributed by atoms with Crippen molar-refractivity contribution in [1.29, 1.82) is 0 Å². The van der Waals surface area contributed by atoms with Crippen molar-refractivity contribution in [3.05, 3.63) is 48.3 Å². The maximum Gasteiger partial charge on any atom is 0.148 e. The third-order valence-corrected chi connectivity index (χ3v) is 4.09. The first-order valence-corrected chi connectivity index (χ1v) is 7.51. The fraction of sp³-hybridized carbons (Fsp3) is 0.333. The van der Waals surface area contributed by atoms with E-state index in [1.165, 1.54) is 5.56 Å². The van der Waals surface area contributed by atoms with Crippen molar-refractivity contribution in [2.75, 3.05) is 18.6 Å². The molecule has 1 aromatic carbocycles. The van der Waals surface area contributed by atoms with E-state index >= 15 is 0 Å². The monoisotopic (exact) mass is 289 g/mol. The first-order valence-electron chi connectivity index (χ1n) is 6.53. The van der Waals surface area contributed by atoms with Gasteiger partial charge in [-0.1, -0.05) is 30.3 Å². The quantitative estimate of drug-likeness (QED) is 0.828. The molecule has 0 saturated carbocycles. The normalized spacial score (nSPS) is 12.2. The maximum atomic E-state index is 9.19. The van der Waals surface area contributed by atoms with Gasteiger partial charge in [0.25, 0.3) is 0 Å². The van der Waals surface area contributed by atoms with Gasteiger partial charge in [-0.25, -0.2) is 4.98 Å². The Morgan fingerprint density at radius 1 is 1.25 bits per heavy atom. The summed E-state index contributed by atoms with van der Waals surface area (Å²) in [6.07, 6.45) is 3.49. The molecule has 4 nitrogen and oxygen atoms in total. The van der Waals surface area contributed by atoms with Gasteiger partial charge in [0, 0.05) is 12.8 Å². The van der Waals surface area contributed by atoms with Gasteiger partial charge >= 0.3 is 0 Å². The average Bonchev–Trinajstić information content (AvgIpc) is 2.52. The number of nitrogens with zero attached hydrogens (tertiary/aromatic N) is 3. The second-order valence-corrected chi connectivity index (χ2v) is 5.63. The summed E-state index contributed by atoms with van der Waals surface area (Å²) in [5.41, 5.74) is 1.27. The molecule has 0 spiro atoms. The predicted molar refractivity (Wildman–Crippen MR) is 83.0 cm³/mol. The van der Waals surface area contributed by atoms with Crippen LogP contribution in [-0.2, 0) is 5.75 Å². The van der Waals surface area contributed by atoms with Crippen molar-refractivity contribution in [3.8, 4) is 0 Å². The molecule has 0 aliphatic heterocycles. The van der Waals surface area contributed by atoms with Crippen molar-refractivity contribution in [1.82, 2.24) is 9.97 Å². The van der Waals surface area contributed by atoms with Crippen molar-refractivity contribution in [2.45, 2.75) is 23.7 Å². The second-order valence-electron chi connectivity index (χ2n) is 4.63. The largest absolute Gasteiger partial charge is 0.394 e. The number of hydrogen-bond acceptors (Lipinski definition) is 5. The predicted octanol–water partition coefficient (Wildman–Crippen LogP) is 2.59. The standard InChI is InChI=1S/C15H19N3OS/c1-12(10-19)18(2)14-8-16-9-15(17-14)20-11-13-6-4-3-5-7-13/h3-9,12,19H,10-11H2,1-2H3/t12-/m0/s1. The zero-order chi connectivity index (χ0) is 14.4. The van der Waals surface area contributed by atoms with Gasteiger partial charge in [-0.3, -0.25) is 4.98 Å². The van der Waals surface area contributed by atoms with Gasteiger partial charge in [-0.15, -0.1) is 11.8 Å². The minimum absolute atomic E-state index is 0.0265. The first kappa shape index (κ1) is 14.8. The maximum absolute atomic E-state index is 9.19. The molecule has 0 radical (unpaired) electrons. The van der Waals surface area contributed by atoms with Crippen LogP contribution in [0.2, 0.25) is 0 Å². The van der Waals surface area contributed by atoms with Crippen LogP contribution >= 0.6 is 11.8 Å². The van der Waals surface area contributed by atoms with Crippen LogP contribution in [0.15, 0.2) is 47.8 Å². The summed E-state index contributed by atoms with van der Waals surface area (Å²) >= 11 is 1.66. The molecule has 0 saturated heterocycles. The van der Waals surface area contributed by atoms with E-state index in [9.17, 15) is 5.11 Å². The molecule has 0 unspecified atom stereocenters. The van der Waals surface area contributed by atoms with Crippen LogP contribution in [0.3, 0.4) is 0 Å². The SMILES string of the molecule is C[C@@H](CO)N(C)c1cncc(SCc2ccccc2)n1. The Bertz CT molecular complexity index is 536. The van der Waals surface area contributed by atoms with Crippen LogP contribution in [0, 0.1) is 0 Å². The summed E-state index contributed by atoms with van der Waals surface area (Å²) in [7, 11) is 1.91. The number of thioether (sulfide) groups is 1. The minimum Gasteiger partial charge on any atom is -0.394 e. The molecule has 2 rings (SSSR count). The number of aromatic nitrogens is 2. The molecule has 0 fully saturated rings. The zero-order valence-electron chi connectivity index (χ0n) is 11.7. The van der Waals surface area contributed by atoms with Gasteiger partial charge in [0.05, 0.1) is 25.0 Å². The van der Waals surface area contributed by atoms with Crippen LogP contribution in [0.4, 0.5) is 5.82 Å². The average molecular weight is 289 g/mol. The topological polar surface area (TPSA) is 49.2 Å². The molecular formula is C15H19N3OS. The molecule has 5 heteroatoms. The highest BCUT2D eigenvalue weighted by Gasteiger charge is 2.11. The first-order chi connectivity index (χ1) is 9.70. The number of hydrogen-bond donors (Lipinski definition) is 1. The summed E-state index contributed by atoms with van der Waals surface area (Å²) in [4.78, 5) is 10.7. The zero-order valence-corrected chi connectivity index (χ0v) is 12.5. The number of benzene rings is 1. The highest BCUT2D eigenvalue weighted by molar-refractivity contribution is 7.98. The van der Waals surface area contributed by atoms with Crippen molar-refractivity contribution in [2.24, 2.45) is 0 Å². The molecule has 20 heavy (non-hydrogen) atoms. The van der Waals surface area contributed by atoms with Crippen molar-refractivity contribution in [3.63, 3.8) is 0 Å². The second kappa shape index (κ2) is 7.26. The Kier molecular flexibility index (Phi) is 5.38. The summed E-state index contributed by atoms with van der Waals surface area (Å²) in [6.45, 7) is 2.05. The third-order valence-electron chi connectivity index (χ3n) is 3.12. The molecule has 0 amide bonds. The van der Waals surface area contributed by atoms with Gasteiger partial charge in [0.2, 0.25) is 0 Å². The van der Waals surface area contributed by atoms with Crippen LogP contribution in [0.5, 0.6) is 0 Å². The number of rotatable bonds is 6. The van der Waals surface area contributed by atoms with Crippen LogP contribution in [0.1, 0.15) is 12.5 Å². The summed E-state index contributed by atoms with van der Waals surface area (Å²) < 4.78 is 0. The van der Waals surface area contributed by atoms with E-state index in [-0.39, 0.29) is 12.6 Å². The lowest BCUT2D eigenvalue weighted by Gasteiger charge is -2.23. The van der Waals surface area contributed by atoms with Gasteiger partial charge < -0.3 is 10.0 Å². The van der Waals surface area contributed by atoms with E-state index in [4.69, 9.17) is 0 Å². The lowest BCUT2D eigenvalue weighted by molar-refractivity contribution is 0.269. The Morgan fingerprint density at radius 2 is 2.00 bits per heavy atom. The smallest absolute Gasteiger partial charge is 0.148 e. The molecule has 0 aliphatic carbocycles. The van der Waals surface area contributed by atoms with Gasteiger partial charge in [0.15, 0.2) is 0 Å². The van der Waals surface area contributed by atoms with Crippen molar-refractivity contribution >= 4 is 17.6 Å². The molecule has 1 N–H and O–H groups in total. The van der Waals surface area contributed by atoms with E-state index in [1.807, 2.05) is 37.1 Å². The van der Waals surface area contributed by atoms with Gasteiger partial charge in [-0.2, -0.15) is 0 Å². The van der Waals surface area contributed by atoms with Gasteiger partial charge in [0.1, 0.15) is 10.8 Å². The van der Waals surface area contributed by atoms with E-state index in [2.05, 4.69) is 22.1 Å². The Labute approximate surface area is 123 Å². The molecule has 106 valence electrons. The van der Waals surface area contributed by atoms with Crippen LogP contribution in [0.25, 0.3) is 0 Å². The molecule has 2 aromatic rings. The number of anilines is 1. The van der Waals surface area contributed by atoms with Crippen molar-refractivity contribution < 1.29 is 5.11 Å². The minimum atomic E-state index is 0.0265. The van der Waals surface area contributed by atoms with Crippen LogP contribution < -0.4 is 4.90 Å². The summed E-state index contributed by atoms with van der Waals surface area (Å²) in [5.74, 6) is 1.66. The lowest BCUT2D eigenvalue weighted by atomic mass is 10.2. The number of likely N-dealkylation sites (N-methyl/N-ethyl adjacent to an activating group) is 1. The highest BCUT2D eigenvalue weighted by Crippen LogP contribution is 2.22. The Morgan fingerprint density at radius 3 is 2.70 bits per heavy atom. The van der Waals surface area contributed by atoms with Crippen LogP contribution in [-0.4, -0.2) is 34.8 Å². The molecule has 1 heterocycles. The molecule has 1 aromatic heterocycles. The number of aliphatic hydroxyl groups is 1. The Hall–Kier alpha value is -1.59. The number of aliphatic hydroxyl groups excluding tert-OH is 1. The molecular weight excluding hydrogens is 270 g/mol. The molecule has 0 bridgehead atoms. The Balaban J connectivity index is 2.03. The summed E-state index contributed by atoms with van der Waals surface area (Å²) in [5, 5.41) is 10.1. The van der Waals surface area contributed by atoms with E-state index in [0.29, 0.717) is 0 Å². The van der Waals surface area contributed by atoms with E-state index in [0.717, 1.165) is 16.6 Å². The fourth-order valence-corrected chi connectivity index (χ4v) is 2.46. The van der Waals surface area contributed by atoms with Gasteiger partial charge in [-0.05, 0) is 12.5 Å². The molecule has 0 aliphatic rings. The fourth-order valence-electron chi connectivity index (χ4n) is 1.66. The highest BCUT2D eigenvalue weighted by atomic mass is 32.2. The van der Waals surface area contributed by atoms with E-state index in [1.54, 1.807) is 24.2 Å². The summed E-state index contributed by atoms with van der Waals surface area (Å²) in [6, 6.07) is 10.3. The van der Waals surface area contributed by atoms with E-state index < -0.39 is 0 Å². The molecule has 1 atom stereocenters. The lowest BCUT2D eigenvalue weighted by Crippen LogP contribution is -2.32.